The quantitative estimate of drug-likeness (QED) is 0.773. The molecule has 5 heterocycles. The first kappa shape index (κ1) is 15.7. The van der Waals surface area contributed by atoms with Crippen LogP contribution < -0.4 is 4.90 Å². The number of nitrogens with zero attached hydrogens (tertiary/aromatic N) is 5. The standard InChI is InChI=1S/C19H21N5O2/c25-19-18-15(2-4-17-20-5-6-24(17)18)13-23(19)12-14-1-3-16(21-11-14)22-7-9-26-10-8-22/h1-6,11,19,25H,7-10,12-13H2. The van der Waals surface area contributed by atoms with E-state index >= 15 is 0 Å². The van der Waals surface area contributed by atoms with Crippen LogP contribution in [0.25, 0.3) is 5.65 Å². The van der Waals surface area contributed by atoms with Crippen molar-refractivity contribution in [1.29, 1.82) is 0 Å². The van der Waals surface area contributed by atoms with E-state index in [1.807, 2.05) is 22.9 Å². The van der Waals surface area contributed by atoms with E-state index in [1.165, 1.54) is 0 Å². The molecule has 1 fully saturated rings. The maximum atomic E-state index is 10.8. The van der Waals surface area contributed by atoms with Crippen molar-refractivity contribution in [2.24, 2.45) is 0 Å². The smallest absolute Gasteiger partial charge is 0.149 e. The van der Waals surface area contributed by atoms with E-state index in [1.54, 1.807) is 6.20 Å². The van der Waals surface area contributed by atoms with Crippen molar-refractivity contribution >= 4 is 11.5 Å². The Hall–Kier alpha value is -2.48. The van der Waals surface area contributed by atoms with Crippen LogP contribution in [0.1, 0.15) is 23.0 Å². The van der Waals surface area contributed by atoms with Gasteiger partial charge in [-0.25, -0.2) is 9.97 Å². The number of fused-ring (bicyclic) bond motifs is 3. The molecule has 1 N–H and O–H groups in total. The van der Waals surface area contributed by atoms with E-state index in [2.05, 4.69) is 38.0 Å². The zero-order valence-corrected chi connectivity index (χ0v) is 14.5. The molecule has 7 heteroatoms. The normalized spacial score (nSPS) is 20.7. The van der Waals surface area contributed by atoms with Gasteiger partial charge in [0.15, 0.2) is 0 Å². The van der Waals surface area contributed by atoms with Crippen LogP contribution in [0, 0.1) is 0 Å². The minimum atomic E-state index is -0.637. The van der Waals surface area contributed by atoms with Gasteiger partial charge in [0.05, 0.1) is 18.9 Å². The van der Waals surface area contributed by atoms with Crippen LogP contribution in [0.15, 0.2) is 42.9 Å². The molecule has 2 aliphatic heterocycles. The SMILES string of the molecule is OC1c2c(ccc3nccn23)CN1Cc1ccc(N2CCOCC2)nc1. The fourth-order valence-electron chi connectivity index (χ4n) is 3.83. The predicted octanol–water partition coefficient (Wildman–Crippen LogP) is 1.57. The summed E-state index contributed by atoms with van der Waals surface area (Å²) >= 11 is 0. The lowest BCUT2D eigenvalue weighted by Crippen LogP contribution is -2.36. The van der Waals surface area contributed by atoms with E-state index in [0.29, 0.717) is 6.54 Å². The van der Waals surface area contributed by atoms with Gasteiger partial charge >= 0.3 is 0 Å². The van der Waals surface area contributed by atoms with Gasteiger partial charge in [-0.2, -0.15) is 0 Å². The van der Waals surface area contributed by atoms with Crippen molar-refractivity contribution in [1.82, 2.24) is 19.3 Å². The lowest BCUT2D eigenvalue weighted by Gasteiger charge is -2.28. The summed E-state index contributed by atoms with van der Waals surface area (Å²) in [5.41, 5.74) is 4.01. The second kappa shape index (κ2) is 6.35. The lowest BCUT2D eigenvalue weighted by atomic mass is 10.2. The van der Waals surface area contributed by atoms with E-state index < -0.39 is 6.23 Å². The number of ether oxygens (including phenoxy) is 1. The van der Waals surface area contributed by atoms with Gasteiger partial charge in [0.2, 0.25) is 0 Å². The molecule has 0 bridgehead atoms. The van der Waals surface area contributed by atoms with Gasteiger partial charge in [0, 0.05) is 44.8 Å². The Morgan fingerprint density at radius 2 is 2.00 bits per heavy atom. The summed E-state index contributed by atoms with van der Waals surface area (Å²) in [6.07, 6.45) is 4.94. The highest BCUT2D eigenvalue weighted by Gasteiger charge is 2.30. The molecule has 1 atom stereocenters. The Morgan fingerprint density at radius 3 is 2.81 bits per heavy atom. The van der Waals surface area contributed by atoms with Crippen molar-refractivity contribution in [3.8, 4) is 0 Å². The van der Waals surface area contributed by atoms with Crippen molar-refractivity contribution in [2.45, 2.75) is 19.3 Å². The Balaban J connectivity index is 1.33. The molecule has 0 spiro atoms. The maximum absolute atomic E-state index is 10.8. The van der Waals surface area contributed by atoms with Crippen LogP contribution in [0.4, 0.5) is 5.82 Å². The molecule has 0 radical (unpaired) electrons. The Labute approximate surface area is 151 Å². The summed E-state index contributed by atoms with van der Waals surface area (Å²) in [5.74, 6) is 0.988. The van der Waals surface area contributed by atoms with Crippen LogP contribution in [-0.4, -0.2) is 50.7 Å². The van der Waals surface area contributed by atoms with Crippen LogP contribution in [0.5, 0.6) is 0 Å². The number of pyridine rings is 2. The largest absolute Gasteiger partial charge is 0.378 e. The fourth-order valence-corrected chi connectivity index (χ4v) is 3.83. The molecule has 26 heavy (non-hydrogen) atoms. The first-order valence-corrected chi connectivity index (χ1v) is 8.94. The molecule has 0 amide bonds. The van der Waals surface area contributed by atoms with Crippen molar-refractivity contribution in [2.75, 3.05) is 31.2 Å². The number of morpholine rings is 1. The molecule has 134 valence electrons. The first-order valence-electron chi connectivity index (χ1n) is 8.94. The Kier molecular flexibility index (Phi) is 3.85. The van der Waals surface area contributed by atoms with Gasteiger partial charge in [0.25, 0.3) is 0 Å². The molecule has 3 aromatic heterocycles. The van der Waals surface area contributed by atoms with Gasteiger partial charge in [-0.15, -0.1) is 0 Å². The molecule has 3 aromatic rings. The third-order valence-corrected chi connectivity index (χ3v) is 5.19. The average molecular weight is 351 g/mol. The second-order valence-electron chi connectivity index (χ2n) is 6.80. The molecule has 5 rings (SSSR count). The minimum Gasteiger partial charge on any atom is -0.378 e. The second-order valence-corrected chi connectivity index (χ2v) is 6.80. The molecule has 0 aliphatic carbocycles. The third kappa shape index (κ3) is 2.65. The Bertz CT molecular complexity index is 917. The molecule has 0 saturated carbocycles. The molecule has 1 unspecified atom stereocenters. The Morgan fingerprint density at radius 1 is 1.12 bits per heavy atom. The van der Waals surface area contributed by atoms with E-state index in [0.717, 1.165) is 61.1 Å². The van der Waals surface area contributed by atoms with Gasteiger partial charge in [-0.1, -0.05) is 12.1 Å². The molecule has 7 nitrogen and oxygen atoms in total. The zero-order chi connectivity index (χ0) is 17.5. The van der Waals surface area contributed by atoms with E-state index in [4.69, 9.17) is 4.74 Å². The molecular formula is C19H21N5O2. The summed E-state index contributed by atoms with van der Waals surface area (Å²) in [6.45, 7) is 4.65. The number of aliphatic hydroxyl groups excluding tert-OH is 1. The number of aliphatic hydroxyl groups is 1. The highest BCUT2D eigenvalue weighted by atomic mass is 16.5. The molecule has 0 aromatic carbocycles. The van der Waals surface area contributed by atoms with Crippen LogP contribution in [0.3, 0.4) is 0 Å². The number of anilines is 1. The van der Waals surface area contributed by atoms with Gasteiger partial charge in [-0.05, 0) is 23.3 Å². The summed E-state index contributed by atoms with van der Waals surface area (Å²) in [4.78, 5) is 13.2. The summed E-state index contributed by atoms with van der Waals surface area (Å²) in [5, 5.41) is 10.8. The molecular weight excluding hydrogens is 330 g/mol. The lowest BCUT2D eigenvalue weighted by molar-refractivity contribution is 0.00446. The maximum Gasteiger partial charge on any atom is 0.149 e. The van der Waals surface area contributed by atoms with Crippen LogP contribution >= 0.6 is 0 Å². The topological polar surface area (TPSA) is 66.1 Å². The molecule has 2 aliphatic rings. The summed E-state index contributed by atoms with van der Waals surface area (Å²) < 4.78 is 7.36. The van der Waals surface area contributed by atoms with E-state index in [9.17, 15) is 5.11 Å². The number of hydrogen-bond acceptors (Lipinski definition) is 6. The predicted molar refractivity (Wildman–Crippen MR) is 96.7 cm³/mol. The highest BCUT2D eigenvalue weighted by molar-refractivity contribution is 5.45. The van der Waals surface area contributed by atoms with E-state index in [-0.39, 0.29) is 0 Å². The minimum absolute atomic E-state index is 0.637. The number of imidazole rings is 1. The van der Waals surface area contributed by atoms with Gasteiger partial charge in [-0.3, -0.25) is 9.30 Å². The van der Waals surface area contributed by atoms with Crippen molar-refractivity contribution < 1.29 is 9.84 Å². The third-order valence-electron chi connectivity index (χ3n) is 5.19. The average Bonchev–Trinajstić information content (AvgIpc) is 3.28. The van der Waals surface area contributed by atoms with Crippen molar-refractivity contribution in [3.05, 3.63) is 59.7 Å². The highest BCUT2D eigenvalue weighted by Crippen LogP contribution is 2.33. The number of aromatic nitrogens is 3. The van der Waals surface area contributed by atoms with Crippen molar-refractivity contribution in [3.63, 3.8) is 0 Å². The fraction of sp³-hybridized carbons (Fsp3) is 0.368. The number of rotatable bonds is 3. The zero-order valence-electron chi connectivity index (χ0n) is 14.5. The number of hydrogen-bond donors (Lipinski definition) is 1. The monoisotopic (exact) mass is 351 g/mol. The van der Waals surface area contributed by atoms with Crippen LogP contribution in [0.2, 0.25) is 0 Å². The molecule has 1 saturated heterocycles. The van der Waals surface area contributed by atoms with Gasteiger partial charge < -0.3 is 14.7 Å². The van der Waals surface area contributed by atoms with Gasteiger partial charge in [0.1, 0.15) is 17.7 Å². The first-order chi connectivity index (χ1) is 12.8. The van der Waals surface area contributed by atoms with Crippen LogP contribution in [-0.2, 0) is 17.8 Å². The summed E-state index contributed by atoms with van der Waals surface area (Å²) in [6, 6.07) is 8.21. The summed E-state index contributed by atoms with van der Waals surface area (Å²) in [7, 11) is 0.